The van der Waals surface area contributed by atoms with Crippen LogP contribution in [0.4, 0.5) is 0 Å². The second kappa shape index (κ2) is 11.5. The van der Waals surface area contributed by atoms with E-state index in [-0.39, 0.29) is 0 Å². The Morgan fingerprint density at radius 1 is 0.400 bits per heavy atom. The molecule has 2 heterocycles. The lowest BCUT2D eigenvalue weighted by Crippen LogP contribution is -2.39. The summed E-state index contributed by atoms with van der Waals surface area (Å²) < 4.78 is 0. The first-order valence-corrected chi connectivity index (χ1v) is 10.2. The maximum Gasteiger partial charge on any atom is 0.0110 e. The highest BCUT2D eigenvalue weighted by molar-refractivity contribution is 4.71. The zero-order valence-electron chi connectivity index (χ0n) is 17.3. The Hall–Kier alpha value is -0.240. The molecule has 0 bridgehead atoms. The van der Waals surface area contributed by atoms with E-state index >= 15 is 0 Å². The highest BCUT2D eigenvalue weighted by atomic mass is 15.3. The van der Waals surface area contributed by atoms with Gasteiger partial charge in [-0.2, -0.15) is 0 Å². The van der Waals surface area contributed by atoms with Gasteiger partial charge >= 0.3 is 0 Å². The molecule has 6 heteroatoms. The fourth-order valence-electron chi connectivity index (χ4n) is 3.57. The van der Waals surface area contributed by atoms with E-state index in [1.165, 1.54) is 98.0 Å². The van der Waals surface area contributed by atoms with Gasteiger partial charge in [-0.25, -0.2) is 0 Å². The molecule has 0 aromatic carbocycles. The van der Waals surface area contributed by atoms with Crippen molar-refractivity contribution in [2.24, 2.45) is 0 Å². The molecule has 0 aromatic heterocycles. The average Bonchev–Trinajstić information content (AvgIpc) is 2.72. The van der Waals surface area contributed by atoms with E-state index in [0.717, 1.165) is 0 Å². The molecule has 2 aliphatic rings. The zero-order valence-corrected chi connectivity index (χ0v) is 17.3. The van der Waals surface area contributed by atoms with Gasteiger partial charge in [0.25, 0.3) is 0 Å². The smallest absolute Gasteiger partial charge is 0.0110 e. The third kappa shape index (κ3) is 8.80. The molecule has 148 valence electrons. The predicted octanol–water partition coefficient (Wildman–Crippen LogP) is -0.265. The van der Waals surface area contributed by atoms with Gasteiger partial charge < -0.3 is 29.4 Å². The van der Waals surface area contributed by atoms with E-state index in [1.54, 1.807) is 0 Å². The molecular formula is C19H42N6. The molecule has 2 aliphatic heterocycles. The molecule has 0 atom stereocenters. The lowest BCUT2D eigenvalue weighted by atomic mass is 10.3. The molecule has 2 fully saturated rings. The van der Waals surface area contributed by atoms with E-state index in [0.29, 0.717) is 0 Å². The molecule has 2 rings (SSSR count). The number of rotatable bonds is 4. The summed E-state index contributed by atoms with van der Waals surface area (Å²) in [5.41, 5.74) is 0. The molecular weight excluding hydrogens is 312 g/mol. The van der Waals surface area contributed by atoms with Gasteiger partial charge in [0.1, 0.15) is 0 Å². The van der Waals surface area contributed by atoms with Crippen LogP contribution in [0, 0.1) is 0 Å². The van der Waals surface area contributed by atoms with Crippen molar-refractivity contribution < 1.29 is 0 Å². The standard InChI is InChI=1S/C19H42N6/c1-20-8-9-21(2)13-17-24(16-12-20)6-5-7-25-18-14-22(3)10-11-23(4)15-19-25/h5-19H2,1-4H3. The van der Waals surface area contributed by atoms with Crippen LogP contribution in [0.5, 0.6) is 0 Å². The minimum absolute atomic E-state index is 1.19. The van der Waals surface area contributed by atoms with Gasteiger partial charge in [0.2, 0.25) is 0 Å². The fourth-order valence-corrected chi connectivity index (χ4v) is 3.57. The first-order chi connectivity index (χ1) is 12.0. The Labute approximate surface area is 156 Å². The van der Waals surface area contributed by atoms with Gasteiger partial charge in [0.05, 0.1) is 0 Å². The topological polar surface area (TPSA) is 19.4 Å². The summed E-state index contributed by atoms with van der Waals surface area (Å²) in [5.74, 6) is 0. The fraction of sp³-hybridized carbons (Fsp3) is 1.00. The Kier molecular flexibility index (Phi) is 9.66. The van der Waals surface area contributed by atoms with Gasteiger partial charge in [-0.3, -0.25) is 0 Å². The maximum atomic E-state index is 2.67. The van der Waals surface area contributed by atoms with Crippen LogP contribution in [0.25, 0.3) is 0 Å². The summed E-state index contributed by atoms with van der Waals surface area (Å²) in [5, 5.41) is 0. The largest absolute Gasteiger partial charge is 0.304 e. The minimum Gasteiger partial charge on any atom is -0.304 e. The summed E-state index contributed by atoms with van der Waals surface area (Å²) in [7, 11) is 9.03. The van der Waals surface area contributed by atoms with E-state index in [2.05, 4.69) is 57.6 Å². The summed E-state index contributed by atoms with van der Waals surface area (Å²) in [6.07, 6.45) is 1.29. The third-order valence-electron chi connectivity index (χ3n) is 5.87. The molecule has 0 radical (unpaired) electrons. The molecule has 0 unspecified atom stereocenters. The molecule has 0 amide bonds. The minimum atomic E-state index is 1.19. The lowest BCUT2D eigenvalue weighted by Gasteiger charge is -2.27. The number of hydrogen-bond acceptors (Lipinski definition) is 6. The monoisotopic (exact) mass is 354 g/mol. The summed E-state index contributed by atoms with van der Waals surface area (Å²) in [6.45, 7) is 16.9. The Balaban J connectivity index is 1.73. The Morgan fingerprint density at radius 2 is 0.640 bits per heavy atom. The van der Waals surface area contributed by atoms with Gasteiger partial charge in [0.15, 0.2) is 0 Å². The first-order valence-electron chi connectivity index (χ1n) is 10.2. The van der Waals surface area contributed by atoms with Crippen LogP contribution >= 0.6 is 0 Å². The normalized spacial score (nSPS) is 26.4. The molecule has 0 saturated carbocycles. The number of hydrogen-bond donors (Lipinski definition) is 0. The van der Waals surface area contributed by atoms with Crippen LogP contribution in [-0.4, -0.2) is 149 Å². The third-order valence-corrected chi connectivity index (χ3v) is 5.87. The Morgan fingerprint density at radius 3 is 0.920 bits per heavy atom. The molecule has 0 N–H and O–H groups in total. The second-order valence-electron chi connectivity index (χ2n) is 8.25. The number of likely N-dealkylation sites (N-methyl/N-ethyl adjacent to an activating group) is 4. The van der Waals surface area contributed by atoms with E-state index in [1.807, 2.05) is 0 Å². The molecule has 0 aliphatic carbocycles. The zero-order chi connectivity index (χ0) is 18.1. The van der Waals surface area contributed by atoms with Crippen LogP contribution in [0.2, 0.25) is 0 Å². The second-order valence-corrected chi connectivity index (χ2v) is 8.25. The van der Waals surface area contributed by atoms with Crippen molar-refractivity contribution in [2.75, 3.05) is 120 Å². The molecule has 0 aromatic rings. The van der Waals surface area contributed by atoms with E-state index < -0.39 is 0 Å². The van der Waals surface area contributed by atoms with Gasteiger partial charge in [-0.05, 0) is 47.7 Å². The van der Waals surface area contributed by atoms with Crippen molar-refractivity contribution in [2.45, 2.75) is 6.42 Å². The van der Waals surface area contributed by atoms with E-state index in [4.69, 9.17) is 0 Å². The molecule has 6 nitrogen and oxygen atoms in total. The van der Waals surface area contributed by atoms with E-state index in [9.17, 15) is 0 Å². The predicted molar refractivity (Wildman–Crippen MR) is 107 cm³/mol. The lowest BCUT2D eigenvalue weighted by molar-refractivity contribution is 0.197. The van der Waals surface area contributed by atoms with Gasteiger partial charge in [-0.1, -0.05) is 0 Å². The first kappa shape index (κ1) is 21.1. The van der Waals surface area contributed by atoms with Crippen molar-refractivity contribution in [1.82, 2.24) is 29.4 Å². The highest BCUT2D eigenvalue weighted by Crippen LogP contribution is 2.02. The summed E-state index contributed by atoms with van der Waals surface area (Å²) >= 11 is 0. The summed E-state index contributed by atoms with van der Waals surface area (Å²) in [6, 6.07) is 0. The summed E-state index contributed by atoms with van der Waals surface area (Å²) in [4.78, 5) is 15.2. The maximum absolute atomic E-state index is 2.67. The van der Waals surface area contributed by atoms with Gasteiger partial charge in [0, 0.05) is 78.5 Å². The van der Waals surface area contributed by atoms with Crippen molar-refractivity contribution in [3.05, 3.63) is 0 Å². The molecule has 2 saturated heterocycles. The average molecular weight is 355 g/mol. The number of nitrogens with zero attached hydrogens (tertiary/aromatic N) is 6. The SMILES string of the molecule is CN1CCN(C)CCN(CCCN2CCN(C)CCN(C)CC2)CC1. The van der Waals surface area contributed by atoms with Crippen molar-refractivity contribution in [3.8, 4) is 0 Å². The van der Waals surface area contributed by atoms with Crippen LogP contribution in [0.3, 0.4) is 0 Å². The molecule has 25 heavy (non-hydrogen) atoms. The highest BCUT2D eigenvalue weighted by Gasteiger charge is 2.14. The van der Waals surface area contributed by atoms with Crippen LogP contribution in [0.15, 0.2) is 0 Å². The molecule has 0 spiro atoms. The van der Waals surface area contributed by atoms with Crippen LogP contribution in [-0.2, 0) is 0 Å². The van der Waals surface area contributed by atoms with Crippen LogP contribution in [0.1, 0.15) is 6.42 Å². The van der Waals surface area contributed by atoms with Crippen molar-refractivity contribution in [3.63, 3.8) is 0 Å². The van der Waals surface area contributed by atoms with Crippen molar-refractivity contribution >= 4 is 0 Å². The van der Waals surface area contributed by atoms with Crippen molar-refractivity contribution in [1.29, 1.82) is 0 Å². The Bertz CT molecular complexity index is 293. The quantitative estimate of drug-likeness (QED) is 0.688. The van der Waals surface area contributed by atoms with Gasteiger partial charge in [-0.15, -0.1) is 0 Å². The van der Waals surface area contributed by atoms with Crippen LogP contribution < -0.4 is 0 Å².